The number of nitrogens with zero attached hydrogens (tertiary/aromatic N) is 1. The molecule has 20 heavy (non-hydrogen) atoms. The summed E-state index contributed by atoms with van der Waals surface area (Å²) in [7, 11) is 0. The average molecular weight is 281 g/mol. The van der Waals surface area contributed by atoms with Gasteiger partial charge in [0.05, 0.1) is 16.6 Å². The van der Waals surface area contributed by atoms with Crippen LogP contribution in [-0.4, -0.2) is 10.8 Å². The zero-order valence-electron chi connectivity index (χ0n) is 11.3. The molecule has 1 heterocycles. The highest BCUT2D eigenvalue weighted by Gasteiger charge is 2.13. The summed E-state index contributed by atoms with van der Waals surface area (Å²) < 4.78 is 1.14. The number of hydrogen-bond donors (Lipinski definition) is 0. The fourth-order valence-electron chi connectivity index (χ4n) is 2.33. The van der Waals surface area contributed by atoms with Crippen molar-refractivity contribution in [3.05, 3.63) is 64.7 Å². The van der Waals surface area contributed by atoms with Gasteiger partial charge in [0, 0.05) is 5.56 Å². The second-order valence-electron chi connectivity index (χ2n) is 4.69. The maximum absolute atomic E-state index is 12.4. The second kappa shape index (κ2) is 5.55. The molecule has 0 saturated heterocycles. The molecule has 1 aromatic heterocycles. The lowest BCUT2D eigenvalue weighted by atomic mass is 10.0. The van der Waals surface area contributed by atoms with Crippen LogP contribution >= 0.6 is 11.3 Å². The van der Waals surface area contributed by atoms with Crippen molar-refractivity contribution in [1.29, 1.82) is 0 Å². The maximum atomic E-state index is 12.4. The summed E-state index contributed by atoms with van der Waals surface area (Å²) in [5.41, 5.74) is 2.91. The zero-order chi connectivity index (χ0) is 13.9. The molecule has 0 spiro atoms. The van der Waals surface area contributed by atoms with Crippen LogP contribution in [-0.2, 0) is 12.8 Å². The van der Waals surface area contributed by atoms with Gasteiger partial charge in [0.2, 0.25) is 0 Å². The van der Waals surface area contributed by atoms with Gasteiger partial charge >= 0.3 is 0 Å². The zero-order valence-corrected chi connectivity index (χ0v) is 12.1. The minimum Gasteiger partial charge on any atom is -0.294 e. The number of thiazole rings is 1. The number of benzene rings is 2. The first-order valence-corrected chi connectivity index (χ1v) is 7.55. The van der Waals surface area contributed by atoms with Gasteiger partial charge in [-0.15, -0.1) is 11.3 Å². The predicted molar refractivity (Wildman–Crippen MR) is 83.5 cm³/mol. The minimum absolute atomic E-state index is 0.154. The number of aromatic nitrogens is 1. The van der Waals surface area contributed by atoms with E-state index in [0.29, 0.717) is 6.42 Å². The van der Waals surface area contributed by atoms with Gasteiger partial charge < -0.3 is 0 Å². The summed E-state index contributed by atoms with van der Waals surface area (Å²) in [6.07, 6.45) is 1.26. The van der Waals surface area contributed by atoms with Gasteiger partial charge in [0.25, 0.3) is 0 Å². The Kier molecular flexibility index (Phi) is 3.61. The Labute approximate surface area is 122 Å². The minimum atomic E-state index is 0.154. The van der Waals surface area contributed by atoms with Crippen molar-refractivity contribution in [3.63, 3.8) is 0 Å². The highest BCUT2D eigenvalue weighted by Crippen LogP contribution is 2.23. The fraction of sp³-hybridized carbons (Fsp3) is 0.176. The lowest BCUT2D eigenvalue weighted by Gasteiger charge is -2.05. The topological polar surface area (TPSA) is 30.0 Å². The Morgan fingerprint density at radius 2 is 1.85 bits per heavy atom. The maximum Gasteiger partial charge on any atom is 0.169 e. The molecule has 3 aromatic rings. The quantitative estimate of drug-likeness (QED) is 0.668. The highest BCUT2D eigenvalue weighted by molar-refractivity contribution is 7.18. The van der Waals surface area contributed by atoms with Gasteiger partial charge in [-0.25, -0.2) is 4.98 Å². The number of fused-ring (bicyclic) bond motifs is 1. The lowest BCUT2D eigenvalue weighted by molar-refractivity contribution is 0.0992. The lowest BCUT2D eigenvalue weighted by Crippen LogP contribution is -2.06. The summed E-state index contributed by atoms with van der Waals surface area (Å²) in [6, 6.07) is 15.8. The van der Waals surface area contributed by atoms with Gasteiger partial charge in [0.1, 0.15) is 5.01 Å². The third-order valence-electron chi connectivity index (χ3n) is 3.35. The number of carbonyl (C=O) groups excluding carboxylic acids is 1. The molecule has 0 unspecified atom stereocenters. The van der Waals surface area contributed by atoms with Crippen molar-refractivity contribution in [3.8, 4) is 0 Å². The molecule has 0 atom stereocenters. The number of para-hydroxylation sites is 1. The van der Waals surface area contributed by atoms with Gasteiger partial charge in [-0.05, 0) is 24.1 Å². The molecule has 0 N–H and O–H groups in total. The molecule has 2 aromatic carbocycles. The van der Waals surface area contributed by atoms with E-state index in [9.17, 15) is 4.79 Å². The summed E-state index contributed by atoms with van der Waals surface area (Å²) in [4.78, 5) is 17.0. The van der Waals surface area contributed by atoms with Crippen molar-refractivity contribution >= 4 is 27.3 Å². The predicted octanol–water partition coefficient (Wildman–Crippen LogP) is 4.28. The molecule has 0 bridgehead atoms. The number of carbonyl (C=O) groups is 1. The normalized spacial score (nSPS) is 10.8. The first kappa shape index (κ1) is 13.0. The summed E-state index contributed by atoms with van der Waals surface area (Å²) >= 11 is 1.60. The third kappa shape index (κ3) is 2.49. The van der Waals surface area contributed by atoms with Crippen LogP contribution in [0.2, 0.25) is 0 Å². The largest absolute Gasteiger partial charge is 0.294 e. The molecule has 0 aliphatic heterocycles. The molecular weight excluding hydrogens is 266 g/mol. The van der Waals surface area contributed by atoms with E-state index >= 15 is 0 Å². The molecule has 0 amide bonds. The Hall–Kier alpha value is -2.00. The Bertz CT molecular complexity index is 727. The van der Waals surface area contributed by atoms with E-state index in [0.717, 1.165) is 32.8 Å². The summed E-state index contributed by atoms with van der Waals surface area (Å²) in [5, 5.41) is 0.891. The van der Waals surface area contributed by atoms with Crippen LogP contribution < -0.4 is 0 Å². The third-order valence-corrected chi connectivity index (χ3v) is 4.39. The smallest absolute Gasteiger partial charge is 0.169 e. The molecule has 100 valence electrons. The van der Waals surface area contributed by atoms with Gasteiger partial charge in [0.15, 0.2) is 5.78 Å². The number of rotatable bonds is 4. The van der Waals surface area contributed by atoms with Crippen LogP contribution in [0.15, 0.2) is 48.5 Å². The average Bonchev–Trinajstić information content (AvgIpc) is 2.89. The molecule has 0 aliphatic rings. The van der Waals surface area contributed by atoms with Gasteiger partial charge in [-0.2, -0.15) is 0 Å². The van der Waals surface area contributed by atoms with Crippen molar-refractivity contribution in [2.45, 2.75) is 19.8 Å². The van der Waals surface area contributed by atoms with Crippen LogP contribution in [0.4, 0.5) is 0 Å². The summed E-state index contributed by atoms with van der Waals surface area (Å²) in [5.74, 6) is 0.154. The number of ketones is 1. The summed E-state index contributed by atoms with van der Waals surface area (Å²) in [6.45, 7) is 2.07. The van der Waals surface area contributed by atoms with Crippen molar-refractivity contribution in [2.24, 2.45) is 0 Å². The standard InChI is InChI=1S/C17H15NOS/c1-2-12-7-3-4-8-13(12)15(19)11-17-18-14-9-5-6-10-16(14)20-17/h3-10H,2,11H2,1H3. The van der Waals surface area contributed by atoms with Crippen LogP contribution in [0, 0.1) is 0 Å². The molecule has 2 nitrogen and oxygen atoms in total. The van der Waals surface area contributed by atoms with Crippen molar-refractivity contribution < 1.29 is 4.79 Å². The van der Waals surface area contributed by atoms with Crippen LogP contribution in [0.5, 0.6) is 0 Å². The molecule has 3 heteroatoms. The van der Waals surface area contributed by atoms with E-state index in [1.165, 1.54) is 0 Å². The van der Waals surface area contributed by atoms with E-state index in [1.807, 2.05) is 48.5 Å². The SMILES string of the molecule is CCc1ccccc1C(=O)Cc1nc2ccccc2s1. The number of aryl methyl sites for hydroxylation is 1. The monoisotopic (exact) mass is 281 g/mol. The van der Waals surface area contributed by atoms with Crippen molar-refractivity contribution in [1.82, 2.24) is 4.98 Å². The number of Topliss-reactive ketones (excluding diaryl/α,β-unsaturated/α-hetero) is 1. The first-order chi connectivity index (χ1) is 9.78. The fourth-order valence-corrected chi connectivity index (χ4v) is 3.29. The van der Waals surface area contributed by atoms with Crippen molar-refractivity contribution in [2.75, 3.05) is 0 Å². The molecule has 0 aliphatic carbocycles. The van der Waals surface area contributed by atoms with Crippen LogP contribution in [0.25, 0.3) is 10.2 Å². The number of hydrogen-bond acceptors (Lipinski definition) is 3. The van der Waals surface area contributed by atoms with Gasteiger partial charge in [-0.1, -0.05) is 43.3 Å². The Morgan fingerprint density at radius 3 is 2.65 bits per heavy atom. The van der Waals surface area contributed by atoms with Gasteiger partial charge in [-0.3, -0.25) is 4.79 Å². The molecule has 0 radical (unpaired) electrons. The van der Waals surface area contributed by atoms with E-state index < -0.39 is 0 Å². The Morgan fingerprint density at radius 1 is 1.10 bits per heavy atom. The first-order valence-electron chi connectivity index (χ1n) is 6.73. The Balaban J connectivity index is 1.88. The van der Waals surface area contributed by atoms with E-state index in [1.54, 1.807) is 11.3 Å². The highest BCUT2D eigenvalue weighted by atomic mass is 32.1. The molecular formula is C17H15NOS. The molecule has 0 saturated carbocycles. The molecule has 3 rings (SSSR count). The van der Waals surface area contributed by atoms with Crippen LogP contribution in [0.3, 0.4) is 0 Å². The van der Waals surface area contributed by atoms with E-state index in [4.69, 9.17) is 0 Å². The van der Waals surface area contributed by atoms with Crippen LogP contribution in [0.1, 0.15) is 27.9 Å². The van der Waals surface area contributed by atoms with E-state index in [-0.39, 0.29) is 5.78 Å². The molecule has 0 fully saturated rings. The van der Waals surface area contributed by atoms with E-state index in [2.05, 4.69) is 11.9 Å². The second-order valence-corrected chi connectivity index (χ2v) is 5.80.